The number of carbonyl (C=O) groups excluding carboxylic acids is 2. The first-order valence-corrected chi connectivity index (χ1v) is 11.2. The van der Waals surface area contributed by atoms with E-state index >= 15 is 0 Å². The van der Waals surface area contributed by atoms with Gasteiger partial charge in [-0.05, 0) is 68.2 Å². The molecule has 0 bridgehead atoms. The average molecular weight is 416 g/mol. The van der Waals surface area contributed by atoms with Crippen molar-refractivity contribution in [3.63, 3.8) is 0 Å². The number of fused-ring (bicyclic) bond motifs is 1. The third-order valence-corrected chi connectivity index (χ3v) is 6.82. The number of nitrogens with one attached hydrogen (secondary N) is 2. The van der Waals surface area contributed by atoms with Crippen LogP contribution in [0.3, 0.4) is 0 Å². The van der Waals surface area contributed by atoms with E-state index in [2.05, 4.69) is 10.6 Å². The number of urea groups is 1. The molecule has 1 saturated heterocycles. The number of piperidine rings is 1. The summed E-state index contributed by atoms with van der Waals surface area (Å²) in [6.07, 6.45) is 6.41. The third-order valence-electron chi connectivity index (χ3n) is 5.73. The maximum absolute atomic E-state index is 13.2. The van der Waals surface area contributed by atoms with Crippen LogP contribution < -0.4 is 10.6 Å². The van der Waals surface area contributed by atoms with Crippen molar-refractivity contribution < 1.29 is 14.0 Å². The molecule has 2 aromatic rings. The van der Waals surface area contributed by atoms with Crippen molar-refractivity contribution in [3.8, 4) is 0 Å². The Hall–Kier alpha value is -2.41. The summed E-state index contributed by atoms with van der Waals surface area (Å²) in [6.45, 7) is 1.92. The predicted octanol–water partition coefficient (Wildman–Crippen LogP) is 4.44. The Morgan fingerprint density at radius 1 is 1.21 bits per heavy atom. The average Bonchev–Trinajstić information content (AvgIpc) is 3.16. The number of rotatable bonds is 4. The zero-order chi connectivity index (χ0) is 20.2. The Balaban J connectivity index is 1.31. The van der Waals surface area contributed by atoms with Gasteiger partial charge >= 0.3 is 6.03 Å². The fourth-order valence-electron chi connectivity index (χ4n) is 4.24. The minimum atomic E-state index is -0.389. The molecule has 4 rings (SSSR count). The summed E-state index contributed by atoms with van der Waals surface area (Å²) in [4.78, 5) is 28.5. The number of halogens is 1. The lowest BCUT2D eigenvalue weighted by Crippen LogP contribution is -2.44. The zero-order valence-corrected chi connectivity index (χ0v) is 17.2. The standard InChI is InChI=1S/C22H26FN3O2S/c23-16-6-3-7-17(11-16)25-22(28)24-12-15-5-4-10-26(13-15)21(27)19-14-29-20-9-2-1-8-18(19)20/h3,6-7,11,14-15H,1-2,4-5,8-10,12-13H2,(H2,24,25,28)/t15-/m0/s1. The number of amides is 3. The second kappa shape index (κ2) is 8.95. The summed E-state index contributed by atoms with van der Waals surface area (Å²) in [5, 5.41) is 7.53. The second-order valence-corrected chi connectivity index (χ2v) is 8.83. The van der Waals surface area contributed by atoms with E-state index in [0.29, 0.717) is 18.8 Å². The van der Waals surface area contributed by atoms with Crippen LogP contribution in [0.2, 0.25) is 0 Å². The molecule has 2 N–H and O–H groups in total. The van der Waals surface area contributed by atoms with E-state index < -0.39 is 0 Å². The van der Waals surface area contributed by atoms with Crippen LogP contribution in [0.1, 0.15) is 46.5 Å². The smallest absolute Gasteiger partial charge is 0.319 e. The van der Waals surface area contributed by atoms with Crippen LogP contribution in [-0.4, -0.2) is 36.5 Å². The first-order valence-electron chi connectivity index (χ1n) is 10.3. The largest absolute Gasteiger partial charge is 0.338 e. The summed E-state index contributed by atoms with van der Waals surface area (Å²) in [5.74, 6) is -0.0291. The van der Waals surface area contributed by atoms with Crippen LogP contribution in [0.25, 0.3) is 0 Å². The summed E-state index contributed by atoms with van der Waals surface area (Å²) >= 11 is 1.72. The molecule has 1 aliphatic carbocycles. The van der Waals surface area contributed by atoms with Gasteiger partial charge in [-0.3, -0.25) is 4.79 Å². The highest BCUT2D eigenvalue weighted by Crippen LogP contribution is 2.31. The van der Waals surface area contributed by atoms with Gasteiger partial charge in [0.15, 0.2) is 0 Å². The van der Waals surface area contributed by atoms with Crippen LogP contribution in [0.15, 0.2) is 29.6 Å². The van der Waals surface area contributed by atoms with Crippen molar-refractivity contribution in [1.82, 2.24) is 10.2 Å². The summed E-state index contributed by atoms with van der Waals surface area (Å²) in [5.41, 5.74) is 2.58. The molecule has 0 spiro atoms. The number of likely N-dealkylation sites (tertiary alicyclic amines) is 1. The first-order chi connectivity index (χ1) is 14.1. The topological polar surface area (TPSA) is 61.4 Å². The van der Waals surface area contributed by atoms with Gasteiger partial charge in [-0.1, -0.05) is 6.07 Å². The van der Waals surface area contributed by atoms with E-state index in [-0.39, 0.29) is 23.7 Å². The van der Waals surface area contributed by atoms with E-state index in [1.807, 2.05) is 10.3 Å². The van der Waals surface area contributed by atoms with Gasteiger partial charge in [-0.25, -0.2) is 9.18 Å². The molecule has 3 amide bonds. The minimum absolute atomic E-state index is 0.137. The molecule has 2 aliphatic rings. The van der Waals surface area contributed by atoms with Gasteiger partial charge in [0, 0.05) is 35.6 Å². The summed E-state index contributed by atoms with van der Waals surface area (Å²) in [7, 11) is 0. The van der Waals surface area contributed by atoms with E-state index in [4.69, 9.17) is 0 Å². The summed E-state index contributed by atoms with van der Waals surface area (Å²) in [6, 6.07) is 5.46. The monoisotopic (exact) mass is 415 g/mol. The highest BCUT2D eigenvalue weighted by Gasteiger charge is 2.28. The molecular formula is C22H26FN3O2S. The number of hydrogen-bond acceptors (Lipinski definition) is 3. The van der Waals surface area contributed by atoms with Crippen molar-refractivity contribution in [3.05, 3.63) is 51.5 Å². The molecule has 1 aromatic heterocycles. The lowest BCUT2D eigenvalue weighted by Gasteiger charge is -2.33. The Morgan fingerprint density at radius 3 is 2.93 bits per heavy atom. The van der Waals surface area contributed by atoms with Gasteiger partial charge in [-0.15, -0.1) is 11.3 Å². The van der Waals surface area contributed by atoms with Crippen LogP contribution in [0.5, 0.6) is 0 Å². The Kier molecular flexibility index (Phi) is 6.13. The second-order valence-electron chi connectivity index (χ2n) is 7.86. The van der Waals surface area contributed by atoms with Gasteiger partial charge in [0.05, 0.1) is 5.56 Å². The number of nitrogens with zero attached hydrogens (tertiary/aromatic N) is 1. The van der Waals surface area contributed by atoms with Crippen LogP contribution >= 0.6 is 11.3 Å². The molecule has 1 atom stereocenters. The molecule has 0 unspecified atom stereocenters. The fourth-order valence-corrected chi connectivity index (χ4v) is 5.36. The Morgan fingerprint density at radius 2 is 2.07 bits per heavy atom. The third kappa shape index (κ3) is 4.78. The first kappa shape index (κ1) is 19.9. The quantitative estimate of drug-likeness (QED) is 0.776. The number of thiophene rings is 1. The van der Waals surface area contributed by atoms with E-state index in [9.17, 15) is 14.0 Å². The maximum Gasteiger partial charge on any atom is 0.319 e. The van der Waals surface area contributed by atoms with Crippen molar-refractivity contribution in [2.75, 3.05) is 25.0 Å². The SMILES string of the molecule is O=C(NC[C@@H]1CCCN(C(=O)c2csc3c2CCCC3)C1)Nc1cccc(F)c1. The molecule has 2 heterocycles. The van der Waals surface area contributed by atoms with E-state index in [1.165, 1.54) is 29.0 Å². The molecule has 7 heteroatoms. The van der Waals surface area contributed by atoms with Crippen molar-refractivity contribution in [2.24, 2.45) is 5.92 Å². The number of anilines is 1. The molecule has 1 fully saturated rings. The fraction of sp³-hybridized carbons (Fsp3) is 0.455. The molecule has 1 aliphatic heterocycles. The zero-order valence-electron chi connectivity index (χ0n) is 16.4. The molecular weight excluding hydrogens is 389 g/mol. The summed E-state index contributed by atoms with van der Waals surface area (Å²) < 4.78 is 13.2. The van der Waals surface area contributed by atoms with Gasteiger partial charge in [0.2, 0.25) is 0 Å². The van der Waals surface area contributed by atoms with Crippen molar-refractivity contribution in [1.29, 1.82) is 0 Å². The molecule has 0 saturated carbocycles. The lowest BCUT2D eigenvalue weighted by atomic mass is 9.94. The van der Waals surface area contributed by atoms with Crippen LogP contribution in [0.4, 0.5) is 14.9 Å². The molecule has 29 heavy (non-hydrogen) atoms. The maximum atomic E-state index is 13.2. The van der Waals surface area contributed by atoms with Crippen molar-refractivity contribution in [2.45, 2.75) is 38.5 Å². The lowest BCUT2D eigenvalue weighted by molar-refractivity contribution is 0.0674. The van der Waals surface area contributed by atoms with Gasteiger partial charge in [0.1, 0.15) is 5.82 Å². The predicted molar refractivity (Wildman–Crippen MR) is 113 cm³/mol. The number of carbonyl (C=O) groups is 2. The Labute approximate surface area is 174 Å². The van der Waals surface area contributed by atoms with E-state index in [1.54, 1.807) is 23.5 Å². The van der Waals surface area contributed by atoms with Gasteiger partial charge in [0.25, 0.3) is 5.91 Å². The normalized spacial score (nSPS) is 18.8. The van der Waals surface area contributed by atoms with Gasteiger partial charge in [-0.2, -0.15) is 0 Å². The van der Waals surface area contributed by atoms with E-state index in [0.717, 1.165) is 44.2 Å². The van der Waals surface area contributed by atoms with Crippen molar-refractivity contribution >= 4 is 29.0 Å². The minimum Gasteiger partial charge on any atom is -0.338 e. The molecule has 0 radical (unpaired) electrons. The number of hydrogen-bond donors (Lipinski definition) is 2. The molecule has 5 nitrogen and oxygen atoms in total. The molecule has 154 valence electrons. The van der Waals surface area contributed by atoms with Crippen LogP contribution in [0, 0.1) is 11.7 Å². The molecule has 1 aromatic carbocycles. The number of benzene rings is 1. The highest BCUT2D eigenvalue weighted by molar-refractivity contribution is 7.10. The van der Waals surface area contributed by atoms with Gasteiger partial charge < -0.3 is 15.5 Å². The van der Waals surface area contributed by atoms with Crippen LogP contribution in [-0.2, 0) is 12.8 Å². The number of aryl methyl sites for hydroxylation is 1. The highest BCUT2D eigenvalue weighted by atomic mass is 32.1. The Bertz CT molecular complexity index is 898.